The summed E-state index contributed by atoms with van der Waals surface area (Å²) in [7, 11) is -3.79. The molecule has 0 unspecified atom stereocenters. The molecule has 1 saturated carbocycles. The highest BCUT2D eigenvalue weighted by atomic mass is 127. The number of carbonyl (C=O) groups is 2. The average Bonchev–Trinajstić information content (AvgIpc) is 2.95. The van der Waals surface area contributed by atoms with E-state index in [2.05, 4.69) is 43.8 Å². The van der Waals surface area contributed by atoms with Crippen molar-refractivity contribution in [3.63, 3.8) is 0 Å². The number of sulfonamides is 1. The zero-order chi connectivity index (χ0) is 29.4. The lowest BCUT2D eigenvalue weighted by Crippen LogP contribution is -2.55. The molecule has 3 aromatic carbocycles. The van der Waals surface area contributed by atoms with E-state index in [0.29, 0.717) is 12.1 Å². The van der Waals surface area contributed by atoms with Gasteiger partial charge in [0.05, 0.1) is 11.9 Å². The van der Waals surface area contributed by atoms with E-state index in [1.165, 1.54) is 0 Å². The van der Waals surface area contributed by atoms with Crippen LogP contribution in [0.4, 0.5) is 5.69 Å². The fourth-order valence-electron chi connectivity index (χ4n) is 5.11. The zero-order valence-electron chi connectivity index (χ0n) is 23.0. The Morgan fingerprint density at radius 2 is 1.56 bits per heavy atom. The minimum absolute atomic E-state index is 0.0680. The third-order valence-corrected chi connectivity index (χ3v) is 9.67. The molecule has 4 rings (SSSR count). The first-order chi connectivity index (χ1) is 19.6. The molecule has 0 saturated heterocycles. The zero-order valence-corrected chi connectivity index (χ0v) is 27.6. The molecule has 1 aliphatic carbocycles. The SMILES string of the molecule is CS(=O)(=O)N(CC(=O)N(Cc1ccc(Br)cc1)[C@H](Cc1ccccc1)C(=O)NC1CCCCC1)c1ccc(I)cc1. The van der Waals surface area contributed by atoms with Crippen molar-refractivity contribution >= 4 is 66.0 Å². The molecule has 0 aliphatic heterocycles. The summed E-state index contributed by atoms with van der Waals surface area (Å²) < 4.78 is 28.8. The second-order valence-electron chi connectivity index (χ2n) is 10.4. The molecular formula is C31H35BrIN3O4S. The van der Waals surface area contributed by atoms with Crippen molar-refractivity contribution < 1.29 is 18.0 Å². The van der Waals surface area contributed by atoms with Crippen molar-refractivity contribution in [1.82, 2.24) is 10.2 Å². The van der Waals surface area contributed by atoms with E-state index in [9.17, 15) is 18.0 Å². The molecule has 3 aromatic rings. The summed E-state index contributed by atoms with van der Waals surface area (Å²) in [4.78, 5) is 29.7. The number of rotatable bonds is 11. The molecular weight excluding hydrogens is 717 g/mol. The first-order valence-electron chi connectivity index (χ1n) is 13.7. The number of nitrogens with one attached hydrogen (secondary N) is 1. The van der Waals surface area contributed by atoms with Crippen molar-refractivity contribution in [2.45, 2.75) is 57.2 Å². The summed E-state index contributed by atoms with van der Waals surface area (Å²) in [5.74, 6) is -0.664. The lowest BCUT2D eigenvalue weighted by atomic mass is 9.94. The van der Waals surface area contributed by atoms with Crippen LogP contribution in [0.1, 0.15) is 43.2 Å². The third-order valence-electron chi connectivity index (χ3n) is 7.28. The van der Waals surface area contributed by atoms with Gasteiger partial charge in [0, 0.05) is 27.1 Å². The highest BCUT2D eigenvalue weighted by molar-refractivity contribution is 14.1. The largest absolute Gasteiger partial charge is 0.352 e. The molecule has 10 heteroatoms. The summed E-state index contributed by atoms with van der Waals surface area (Å²) in [6.07, 6.45) is 6.52. The predicted octanol–water partition coefficient (Wildman–Crippen LogP) is 5.91. The monoisotopic (exact) mass is 751 g/mol. The van der Waals surface area contributed by atoms with Crippen LogP contribution >= 0.6 is 38.5 Å². The van der Waals surface area contributed by atoms with Crippen LogP contribution in [0.3, 0.4) is 0 Å². The summed E-state index contributed by atoms with van der Waals surface area (Å²) in [6.45, 7) is -0.260. The molecule has 0 aromatic heterocycles. The van der Waals surface area contributed by atoms with Crippen LogP contribution in [0, 0.1) is 3.57 Å². The maximum atomic E-state index is 14.2. The van der Waals surface area contributed by atoms with Gasteiger partial charge in [0.2, 0.25) is 21.8 Å². The molecule has 2 amide bonds. The van der Waals surface area contributed by atoms with Crippen LogP contribution in [0.15, 0.2) is 83.3 Å². The van der Waals surface area contributed by atoms with Gasteiger partial charge >= 0.3 is 0 Å². The number of anilines is 1. The highest BCUT2D eigenvalue weighted by Gasteiger charge is 2.34. The van der Waals surface area contributed by atoms with Crippen LogP contribution in [0.5, 0.6) is 0 Å². The van der Waals surface area contributed by atoms with Gasteiger partial charge in [-0.15, -0.1) is 0 Å². The summed E-state index contributed by atoms with van der Waals surface area (Å²) in [5, 5.41) is 3.22. The van der Waals surface area contributed by atoms with Crippen LogP contribution in [0.25, 0.3) is 0 Å². The van der Waals surface area contributed by atoms with Crippen LogP contribution in [-0.2, 0) is 32.6 Å². The van der Waals surface area contributed by atoms with Gasteiger partial charge in [0.15, 0.2) is 0 Å². The van der Waals surface area contributed by atoms with Gasteiger partial charge in [0.1, 0.15) is 12.6 Å². The van der Waals surface area contributed by atoms with Gasteiger partial charge in [-0.3, -0.25) is 13.9 Å². The van der Waals surface area contributed by atoms with Gasteiger partial charge in [-0.05, 0) is 83.0 Å². The minimum atomic E-state index is -3.79. The Kier molecular flexibility index (Phi) is 11.2. The molecule has 0 heterocycles. The lowest BCUT2D eigenvalue weighted by molar-refractivity contribution is -0.140. The second-order valence-corrected chi connectivity index (χ2v) is 14.5. The predicted molar refractivity (Wildman–Crippen MR) is 175 cm³/mol. The molecule has 0 spiro atoms. The van der Waals surface area contributed by atoms with E-state index in [4.69, 9.17) is 0 Å². The van der Waals surface area contributed by atoms with E-state index in [-0.39, 0.29) is 18.5 Å². The summed E-state index contributed by atoms with van der Waals surface area (Å²) >= 11 is 5.61. The quantitative estimate of drug-likeness (QED) is 0.247. The van der Waals surface area contributed by atoms with Gasteiger partial charge in [-0.2, -0.15) is 0 Å². The first-order valence-corrected chi connectivity index (χ1v) is 17.4. The van der Waals surface area contributed by atoms with Crippen molar-refractivity contribution in [3.05, 3.63) is 98.0 Å². The van der Waals surface area contributed by atoms with Crippen LogP contribution in [0.2, 0.25) is 0 Å². The summed E-state index contributed by atoms with van der Waals surface area (Å²) in [6, 6.07) is 23.4. The van der Waals surface area contributed by atoms with Gasteiger partial charge in [-0.25, -0.2) is 8.42 Å². The third kappa shape index (κ3) is 9.27. The lowest BCUT2D eigenvalue weighted by Gasteiger charge is -2.35. The van der Waals surface area contributed by atoms with Gasteiger partial charge in [0.25, 0.3) is 0 Å². The molecule has 1 fully saturated rings. The number of halogens is 2. The molecule has 1 N–H and O–H groups in total. The topological polar surface area (TPSA) is 86.8 Å². The second kappa shape index (κ2) is 14.6. The maximum absolute atomic E-state index is 14.2. The fraction of sp³-hybridized carbons (Fsp3) is 0.355. The Morgan fingerprint density at radius 3 is 2.17 bits per heavy atom. The van der Waals surface area contributed by atoms with E-state index < -0.39 is 28.5 Å². The molecule has 218 valence electrons. The number of amides is 2. The fourth-order valence-corrected chi connectivity index (χ4v) is 6.58. The maximum Gasteiger partial charge on any atom is 0.244 e. The van der Waals surface area contributed by atoms with E-state index in [1.807, 2.05) is 54.6 Å². The van der Waals surface area contributed by atoms with Crippen molar-refractivity contribution in [1.29, 1.82) is 0 Å². The molecule has 7 nitrogen and oxygen atoms in total. The van der Waals surface area contributed by atoms with Crippen molar-refractivity contribution in [2.24, 2.45) is 0 Å². The van der Waals surface area contributed by atoms with Gasteiger partial charge in [-0.1, -0.05) is 77.7 Å². The normalized spacial score (nSPS) is 14.7. The Labute approximate surface area is 265 Å². The highest BCUT2D eigenvalue weighted by Crippen LogP contribution is 2.23. The van der Waals surface area contributed by atoms with Crippen LogP contribution in [-0.4, -0.2) is 50.0 Å². The number of hydrogen-bond donors (Lipinski definition) is 1. The molecule has 41 heavy (non-hydrogen) atoms. The number of hydrogen-bond acceptors (Lipinski definition) is 4. The molecule has 0 bridgehead atoms. The van der Waals surface area contributed by atoms with Crippen molar-refractivity contribution in [3.8, 4) is 0 Å². The molecule has 1 atom stereocenters. The number of benzene rings is 3. The van der Waals surface area contributed by atoms with E-state index in [1.54, 1.807) is 29.2 Å². The Bertz CT molecular complexity index is 1410. The Morgan fingerprint density at radius 1 is 0.927 bits per heavy atom. The Hall–Kier alpha value is -2.44. The smallest absolute Gasteiger partial charge is 0.244 e. The average molecular weight is 753 g/mol. The number of carbonyl (C=O) groups excluding carboxylic acids is 2. The van der Waals surface area contributed by atoms with Gasteiger partial charge < -0.3 is 10.2 Å². The van der Waals surface area contributed by atoms with E-state index >= 15 is 0 Å². The van der Waals surface area contributed by atoms with Crippen LogP contribution < -0.4 is 9.62 Å². The standard InChI is InChI=1S/C31H35BrIN3O4S/c1-41(39,40)36(28-18-16-26(33)17-19-28)22-30(37)35(21-24-12-14-25(32)15-13-24)29(20-23-8-4-2-5-9-23)31(38)34-27-10-6-3-7-11-27/h2,4-5,8-9,12-19,27,29H,3,6-7,10-11,20-22H2,1H3,(H,34,38)/t29-/m1/s1. The van der Waals surface area contributed by atoms with Crippen molar-refractivity contribution in [2.75, 3.05) is 17.1 Å². The summed E-state index contributed by atoms with van der Waals surface area (Å²) in [5.41, 5.74) is 2.16. The Balaban J connectivity index is 1.71. The minimum Gasteiger partial charge on any atom is -0.352 e. The molecule has 1 aliphatic rings. The first kappa shape index (κ1) is 31.5. The molecule has 0 radical (unpaired) electrons. The van der Waals surface area contributed by atoms with E-state index in [0.717, 1.165) is 61.8 Å². The number of nitrogens with zero attached hydrogens (tertiary/aromatic N) is 2.